The molecule has 192 valence electrons. The number of ether oxygens (including phenoxy) is 2. The molecule has 2 heterocycles. The molecule has 0 saturated carbocycles. The zero-order valence-corrected chi connectivity index (χ0v) is 22.3. The predicted octanol–water partition coefficient (Wildman–Crippen LogP) is 5.55. The Morgan fingerprint density at radius 1 is 0.944 bits per heavy atom. The number of benzene rings is 2. The fourth-order valence-electron chi connectivity index (χ4n) is 5.02. The minimum Gasteiger partial charge on any atom is -0.497 e. The van der Waals surface area contributed by atoms with Crippen LogP contribution in [-0.4, -0.2) is 60.7 Å². The molecule has 1 aliphatic heterocycles. The first-order valence-electron chi connectivity index (χ1n) is 12.9. The van der Waals surface area contributed by atoms with E-state index in [1.165, 1.54) is 5.56 Å². The second kappa shape index (κ2) is 11.7. The molecule has 0 unspecified atom stereocenters. The molecule has 0 atom stereocenters. The molecule has 1 amide bonds. The van der Waals surface area contributed by atoms with E-state index in [1.54, 1.807) is 14.2 Å². The van der Waals surface area contributed by atoms with Crippen molar-refractivity contribution in [1.82, 2.24) is 14.4 Å². The molecular weight excluding hydrogens is 450 g/mol. The third-order valence-corrected chi connectivity index (χ3v) is 7.10. The first kappa shape index (κ1) is 25.8. The molecule has 3 aromatic rings. The maximum atomic E-state index is 14.0. The summed E-state index contributed by atoms with van der Waals surface area (Å²) in [7, 11) is 3.38. The van der Waals surface area contributed by atoms with E-state index < -0.39 is 0 Å². The molecule has 1 aromatic heterocycles. The van der Waals surface area contributed by atoms with Crippen molar-refractivity contribution < 1.29 is 14.3 Å². The summed E-state index contributed by atoms with van der Waals surface area (Å²) in [5.41, 5.74) is 6.48. The largest absolute Gasteiger partial charge is 0.497 e. The Hall–Kier alpha value is -3.25. The van der Waals surface area contributed by atoms with Gasteiger partial charge in [0, 0.05) is 56.6 Å². The number of unbranched alkanes of at least 4 members (excludes halogenated alkanes) is 1. The predicted molar refractivity (Wildman–Crippen MR) is 145 cm³/mol. The molecule has 4 rings (SSSR count). The van der Waals surface area contributed by atoms with Crippen LogP contribution in [0.15, 0.2) is 48.7 Å². The van der Waals surface area contributed by atoms with E-state index in [9.17, 15) is 4.79 Å². The van der Waals surface area contributed by atoms with Crippen molar-refractivity contribution in [2.45, 2.75) is 46.7 Å². The third-order valence-electron chi connectivity index (χ3n) is 7.10. The van der Waals surface area contributed by atoms with E-state index >= 15 is 0 Å². The van der Waals surface area contributed by atoms with E-state index in [0.29, 0.717) is 13.1 Å². The number of nitrogens with zero attached hydrogens (tertiary/aromatic N) is 3. The van der Waals surface area contributed by atoms with Crippen LogP contribution in [0.5, 0.6) is 11.5 Å². The Labute approximate surface area is 215 Å². The van der Waals surface area contributed by atoms with Gasteiger partial charge in [0.15, 0.2) is 0 Å². The number of hydrogen-bond donors (Lipinski definition) is 0. The summed E-state index contributed by atoms with van der Waals surface area (Å²) in [6, 6.07) is 14.4. The quantitative estimate of drug-likeness (QED) is 0.396. The highest BCUT2D eigenvalue weighted by Crippen LogP contribution is 2.32. The SMILES string of the molecule is CCCCn1cc(C)c(-c2ccc(C)cc2)c1C(=O)N1CCN(Cc2cc(OC)ccc2OC)CC1. The van der Waals surface area contributed by atoms with Crippen molar-refractivity contribution in [2.75, 3.05) is 40.4 Å². The van der Waals surface area contributed by atoms with Gasteiger partial charge in [-0.05, 0) is 49.6 Å². The van der Waals surface area contributed by atoms with E-state index in [4.69, 9.17) is 9.47 Å². The standard InChI is InChI=1S/C30H39N3O3/c1-6-7-14-33-20-23(3)28(24-10-8-22(2)9-11-24)29(33)30(34)32-17-15-31(16-18-32)21-25-19-26(35-4)12-13-27(25)36-5/h8-13,19-20H,6-7,14-18,21H2,1-5H3. The number of piperazine rings is 1. The van der Waals surface area contributed by atoms with Gasteiger partial charge in [-0.1, -0.05) is 43.2 Å². The lowest BCUT2D eigenvalue weighted by molar-refractivity contribution is 0.0617. The topological polar surface area (TPSA) is 46.9 Å². The Morgan fingerprint density at radius 2 is 1.67 bits per heavy atom. The summed E-state index contributed by atoms with van der Waals surface area (Å²) < 4.78 is 13.2. The monoisotopic (exact) mass is 489 g/mol. The van der Waals surface area contributed by atoms with Gasteiger partial charge in [-0.25, -0.2) is 0 Å². The van der Waals surface area contributed by atoms with Gasteiger partial charge in [0.05, 0.1) is 14.2 Å². The van der Waals surface area contributed by atoms with Crippen LogP contribution in [0.1, 0.15) is 46.9 Å². The van der Waals surface area contributed by atoms with Crippen LogP contribution in [0.3, 0.4) is 0 Å². The number of carbonyl (C=O) groups excluding carboxylic acids is 1. The smallest absolute Gasteiger partial charge is 0.271 e. The molecule has 6 heteroatoms. The van der Waals surface area contributed by atoms with Gasteiger partial charge in [-0.3, -0.25) is 9.69 Å². The number of carbonyl (C=O) groups is 1. The molecular formula is C30H39N3O3. The van der Waals surface area contributed by atoms with Gasteiger partial charge < -0.3 is 18.9 Å². The van der Waals surface area contributed by atoms with Crippen LogP contribution in [0.4, 0.5) is 0 Å². The molecule has 0 bridgehead atoms. The van der Waals surface area contributed by atoms with Crippen molar-refractivity contribution in [1.29, 1.82) is 0 Å². The molecule has 0 aliphatic carbocycles. The van der Waals surface area contributed by atoms with Gasteiger partial charge in [0.2, 0.25) is 0 Å². The number of aromatic nitrogens is 1. The molecule has 36 heavy (non-hydrogen) atoms. The summed E-state index contributed by atoms with van der Waals surface area (Å²) >= 11 is 0. The molecule has 1 saturated heterocycles. The van der Waals surface area contributed by atoms with Gasteiger partial charge in [0.1, 0.15) is 17.2 Å². The average molecular weight is 490 g/mol. The van der Waals surface area contributed by atoms with Crippen LogP contribution < -0.4 is 9.47 Å². The number of amides is 1. The number of rotatable bonds is 9. The maximum absolute atomic E-state index is 14.0. The molecule has 0 N–H and O–H groups in total. The second-order valence-corrected chi connectivity index (χ2v) is 9.69. The maximum Gasteiger partial charge on any atom is 0.271 e. The van der Waals surface area contributed by atoms with Crippen LogP contribution in [0, 0.1) is 13.8 Å². The van der Waals surface area contributed by atoms with Gasteiger partial charge >= 0.3 is 0 Å². The number of methoxy groups -OCH3 is 2. The van der Waals surface area contributed by atoms with E-state index in [-0.39, 0.29) is 5.91 Å². The van der Waals surface area contributed by atoms with Crippen LogP contribution in [-0.2, 0) is 13.1 Å². The van der Waals surface area contributed by atoms with Crippen LogP contribution >= 0.6 is 0 Å². The first-order valence-corrected chi connectivity index (χ1v) is 12.9. The van der Waals surface area contributed by atoms with Gasteiger partial charge in [-0.2, -0.15) is 0 Å². The minimum absolute atomic E-state index is 0.133. The lowest BCUT2D eigenvalue weighted by Gasteiger charge is -2.35. The Bertz CT molecular complexity index is 1170. The molecule has 6 nitrogen and oxygen atoms in total. The second-order valence-electron chi connectivity index (χ2n) is 9.69. The summed E-state index contributed by atoms with van der Waals surface area (Å²) in [6.07, 6.45) is 4.30. The highest BCUT2D eigenvalue weighted by molar-refractivity contribution is 6.00. The molecule has 1 aliphatic rings. The number of aryl methyl sites for hydroxylation is 3. The van der Waals surface area contributed by atoms with Gasteiger partial charge in [0.25, 0.3) is 5.91 Å². The summed E-state index contributed by atoms with van der Waals surface area (Å²) in [4.78, 5) is 18.4. The third kappa shape index (κ3) is 5.59. The van der Waals surface area contributed by atoms with E-state index in [0.717, 1.165) is 78.5 Å². The highest BCUT2D eigenvalue weighted by Gasteiger charge is 2.28. The summed E-state index contributed by atoms with van der Waals surface area (Å²) in [5.74, 6) is 1.82. The molecule has 2 aromatic carbocycles. The zero-order valence-electron chi connectivity index (χ0n) is 22.3. The van der Waals surface area contributed by atoms with E-state index in [2.05, 4.69) is 60.7 Å². The van der Waals surface area contributed by atoms with Crippen molar-refractivity contribution in [3.8, 4) is 22.6 Å². The normalized spacial score (nSPS) is 14.2. The fraction of sp³-hybridized carbons (Fsp3) is 0.433. The van der Waals surface area contributed by atoms with Crippen molar-refractivity contribution in [2.24, 2.45) is 0 Å². The Balaban J connectivity index is 1.53. The lowest BCUT2D eigenvalue weighted by atomic mass is 10.00. The molecule has 0 radical (unpaired) electrons. The Morgan fingerprint density at radius 3 is 2.31 bits per heavy atom. The summed E-state index contributed by atoms with van der Waals surface area (Å²) in [6.45, 7) is 11.1. The van der Waals surface area contributed by atoms with Crippen molar-refractivity contribution in [3.63, 3.8) is 0 Å². The zero-order chi connectivity index (χ0) is 25.7. The lowest BCUT2D eigenvalue weighted by Crippen LogP contribution is -2.48. The molecule has 1 fully saturated rings. The first-order chi connectivity index (χ1) is 17.4. The highest BCUT2D eigenvalue weighted by atomic mass is 16.5. The van der Waals surface area contributed by atoms with Gasteiger partial charge in [-0.15, -0.1) is 0 Å². The fourth-order valence-corrected chi connectivity index (χ4v) is 5.02. The Kier molecular flexibility index (Phi) is 8.36. The van der Waals surface area contributed by atoms with Crippen molar-refractivity contribution in [3.05, 3.63) is 71.0 Å². The van der Waals surface area contributed by atoms with Crippen LogP contribution in [0.2, 0.25) is 0 Å². The number of hydrogen-bond acceptors (Lipinski definition) is 4. The summed E-state index contributed by atoms with van der Waals surface area (Å²) in [5, 5.41) is 0. The van der Waals surface area contributed by atoms with Crippen molar-refractivity contribution >= 4 is 5.91 Å². The average Bonchev–Trinajstić information content (AvgIpc) is 3.23. The molecule has 0 spiro atoms. The van der Waals surface area contributed by atoms with Crippen LogP contribution in [0.25, 0.3) is 11.1 Å². The minimum atomic E-state index is 0.133. The van der Waals surface area contributed by atoms with E-state index in [1.807, 2.05) is 23.1 Å².